The van der Waals surface area contributed by atoms with Crippen molar-refractivity contribution in [2.24, 2.45) is 0 Å². The molecule has 8 nitrogen and oxygen atoms in total. The van der Waals surface area contributed by atoms with Gasteiger partial charge in [0.15, 0.2) is 11.2 Å². The Labute approximate surface area is 209 Å². The van der Waals surface area contributed by atoms with Gasteiger partial charge in [-0.05, 0) is 36.5 Å². The van der Waals surface area contributed by atoms with Gasteiger partial charge in [0.05, 0.1) is 23.4 Å². The van der Waals surface area contributed by atoms with E-state index in [2.05, 4.69) is 41.3 Å². The van der Waals surface area contributed by atoms with Crippen LogP contribution in [0.1, 0.15) is 59.4 Å². The number of carbonyl (C=O) groups excluding carboxylic acids is 1. The standard InChI is InChI=1S/C28H30N4O4/c1-5-35-28(34)24-25(29-15-20-11-13-22(14-12-20)18(2)3)23-19(4)30-17-31-26(23)32(27(24)33)36-16-21-9-7-6-8-10-21/h6-14,17-18,29H,5,15-16H2,1-4H3. The quantitative estimate of drug-likeness (QED) is 0.344. The molecule has 8 heteroatoms. The first-order valence-electron chi connectivity index (χ1n) is 12.0. The van der Waals surface area contributed by atoms with E-state index in [1.54, 1.807) is 13.8 Å². The highest BCUT2D eigenvalue weighted by Crippen LogP contribution is 2.27. The van der Waals surface area contributed by atoms with Gasteiger partial charge in [0, 0.05) is 6.54 Å². The van der Waals surface area contributed by atoms with E-state index < -0.39 is 11.5 Å². The Morgan fingerprint density at radius 2 is 1.75 bits per heavy atom. The number of rotatable bonds is 9. The minimum absolute atomic E-state index is 0.121. The molecule has 0 atom stereocenters. The van der Waals surface area contributed by atoms with Crippen LogP contribution in [0.25, 0.3) is 11.0 Å². The molecule has 0 bridgehead atoms. The van der Waals surface area contributed by atoms with E-state index in [4.69, 9.17) is 9.57 Å². The Kier molecular flexibility index (Phi) is 7.63. The van der Waals surface area contributed by atoms with E-state index in [0.717, 1.165) is 15.9 Å². The first-order valence-corrected chi connectivity index (χ1v) is 12.0. The van der Waals surface area contributed by atoms with Gasteiger partial charge in [-0.15, -0.1) is 4.73 Å². The van der Waals surface area contributed by atoms with Crippen LogP contribution in [-0.4, -0.2) is 27.3 Å². The van der Waals surface area contributed by atoms with Crippen molar-refractivity contribution in [3.63, 3.8) is 0 Å². The number of benzene rings is 2. The normalized spacial score (nSPS) is 11.0. The fraction of sp³-hybridized carbons (Fsp3) is 0.286. The largest absolute Gasteiger partial charge is 0.462 e. The minimum atomic E-state index is -0.734. The maximum Gasteiger partial charge on any atom is 0.346 e. The van der Waals surface area contributed by atoms with Crippen LogP contribution in [0, 0.1) is 6.92 Å². The van der Waals surface area contributed by atoms with Crippen molar-refractivity contribution in [2.75, 3.05) is 11.9 Å². The highest BCUT2D eigenvalue weighted by molar-refractivity contribution is 6.04. The topological polar surface area (TPSA) is 95.3 Å². The molecule has 0 amide bonds. The van der Waals surface area contributed by atoms with Crippen molar-refractivity contribution in [1.82, 2.24) is 14.7 Å². The summed E-state index contributed by atoms with van der Waals surface area (Å²) in [5.74, 6) is -0.308. The number of aromatic nitrogens is 3. The van der Waals surface area contributed by atoms with Crippen molar-refractivity contribution in [3.8, 4) is 0 Å². The van der Waals surface area contributed by atoms with E-state index in [9.17, 15) is 9.59 Å². The molecule has 0 aliphatic carbocycles. The summed E-state index contributed by atoms with van der Waals surface area (Å²) >= 11 is 0. The number of hydrogen-bond acceptors (Lipinski definition) is 7. The highest BCUT2D eigenvalue weighted by Gasteiger charge is 2.26. The number of anilines is 1. The number of ether oxygens (including phenoxy) is 1. The predicted molar refractivity (Wildman–Crippen MR) is 139 cm³/mol. The fourth-order valence-corrected chi connectivity index (χ4v) is 3.95. The smallest absolute Gasteiger partial charge is 0.346 e. The minimum Gasteiger partial charge on any atom is -0.462 e. The molecule has 2 aromatic heterocycles. The molecular formula is C28H30N4O4. The second-order valence-corrected chi connectivity index (χ2v) is 8.74. The third kappa shape index (κ3) is 5.22. The van der Waals surface area contributed by atoms with Crippen molar-refractivity contribution in [3.05, 3.63) is 99.2 Å². The van der Waals surface area contributed by atoms with Gasteiger partial charge < -0.3 is 14.9 Å². The van der Waals surface area contributed by atoms with Crippen molar-refractivity contribution in [2.45, 2.75) is 46.8 Å². The Balaban J connectivity index is 1.81. The SMILES string of the molecule is CCOC(=O)c1c(NCc2ccc(C(C)C)cc2)c2c(C)ncnc2n(OCc2ccccc2)c1=O. The van der Waals surface area contributed by atoms with Gasteiger partial charge >= 0.3 is 11.5 Å². The average molecular weight is 487 g/mol. The number of nitrogens with zero attached hydrogens (tertiary/aromatic N) is 3. The summed E-state index contributed by atoms with van der Waals surface area (Å²) in [6.07, 6.45) is 1.37. The molecule has 2 heterocycles. The number of esters is 1. The van der Waals surface area contributed by atoms with E-state index in [1.165, 1.54) is 11.9 Å². The molecule has 0 unspecified atom stereocenters. The van der Waals surface area contributed by atoms with E-state index in [0.29, 0.717) is 29.2 Å². The lowest BCUT2D eigenvalue weighted by Crippen LogP contribution is -2.34. The summed E-state index contributed by atoms with van der Waals surface area (Å²) < 4.78 is 6.32. The number of aryl methyl sites for hydroxylation is 1. The molecule has 4 rings (SSSR count). The van der Waals surface area contributed by atoms with Crippen molar-refractivity contribution < 1.29 is 14.4 Å². The number of fused-ring (bicyclic) bond motifs is 1. The van der Waals surface area contributed by atoms with Crippen LogP contribution >= 0.6 is 0 Å². The summed E-state index contributed by atoms with van der Waals surface area (Å²) in [5, 5.41) is 3.81. The molecule has 0 saturated heterocycles. The molecule has 0 saturated carbocycles. The molecular weight excluding hydrogens is 456 g/mol. The lowest BCUT2D eigenvalue weighted by Gasteiger charge is -2.19. The van der Waals surface area contributed by atoms with Gasteiger partial charge in [-0.2, -0.15) is 0 Å². The Hall–Kier alpha value is -4.20. The summed E-state index contributed by atoms with van der Waals surface area (Å²) in [6.45, 7) is 8.42. The fourth-order valence-electron chi connectivity index (χ4n) is 3.95. The molecule has 36 heavy (non-hydrogen) atoms. The lowest BCUT2D eigenvalue weighted by molar-refractivity contribution is 0.0513. The number of hydrogen-bond donors (Lipinski definition) is 1. The van der Waals surface area contributed by atoms with E-state index in [-0.39, 0.29) is 24.4 Å². The van der Waals surface area contributed by atoms with Crippen LogP contribution in [0.2, 0.25) is 0 Å². The number of pyridine rings is 1. The Morgan fingerprint density at radius 3 is 2.42 bits per heavy atom. The van der Waals surface area contributed by atoms with Crippen molar-refractivity contribution >= 4 is 22.7 Å². The predicted octanol–water partition coefficient (Wildman–Crippen LogP) is 4.64. The Morgan fingerprint density at radius 1 is 1.03 bits per heavy atom. The van der Waals surface area contributed by atoms with Crippen LogP contribution in [0.4, 0.5) is 5.69 Å². The molecule has 186 valence electrons. The van der Waals surface area contributed by atoms with Crippen molar-refractivity contribution in [1.29, 1.82) is 0 Å². The average Bonchev–Trinajstić information content (AvgIpc) is 2.87. The first-order chi connectivity index (χ1) is 17.4. The zero-order valence-corrected chi connectivity index (χ0v) is 20.9. The molecule has 0 radical (unpaired) electrons. The summed E-state index contributed by atoms with van der Waals surface area (Å²) in [6, 6.07) is 17.7. The second kappa shape index (κ2) is 11.0. The van der Waals surface area contributed by atoms with Gasteiger partial charge in [-0.25, -0.2) is 14.8 Å². The third-order valence-corrected chi connectivity index (χ3v) is 5.91. The van der Waals surface area contributed by atoms with E-state index in [1.807, 2.05) is 42.5 Å². The van der Waals surface area contributed by atoms with Crippen LogP contribution in [-0.2, 0) is 17.9 Å². The number of nitrogens with one attached hydrogen (secondary N) is 1. The zero-order chi connectivity index (χ0) is 25.7. The van der Waals surface area contributed by atoms with Crippen LogP contribution < -0.4 is 15.7 Å². The van der Waals surface area contributed by atoms with Gasteiger partial charge in [0.25, 0.3) is 0 Å². The molecule has 0 aliphatic heterocycles. The van der Waals surface area contributed by atoms with Gasteiger partial charge in [-0.3, -0.25) is 4.79 Å². The monoisotopic (exact) mass is 486 g/mol. The van der Waals surface area contributed by atoms with Gasteiger partial charge in [0.2, 0.25) is 0 Å². The van der Waals surface area contributed by atoms with Crippen LogP contribution in [0.15, 0.2) is 65.7 Å². The summed E-state index contributed by atoms with van der Waals surface area (Å²) in [4.78, 5) is 41.2. The van der Waals surface area contributed by atoms with Crippen LogP contribution in [0.3, 0.4) is 0 Å². The molecule has 0 spiro atoms. The molecule has 0 fully saturated rings. The van der Waals surface area contributed by atoms with E-state index >= 15 is 0 Å². The van der Waals surface area contributed by atoms with Gasteiger partial charge in [-0.1, -0.05) is 68.4 Å². The third-order valence-electron chi connectivity index (χ3n) is 5.91. The van der Waals surface area contributed by atoms with Crippen LogP contribution in [0.5, 0.6) is 0 Å². The van der Waals surface area contributed by atoms with Gasteiger partial charge in [0.1, 0.15) is 12.9 Å². The Bertz CT molecular complexity index is 1410. The maximum absolute atomic E-state index is 13.6. The second-order valence-electron chi connectivity index (χ2n) is 8.74. The molecule has 2 aromatic carbocycles. The lowest BCUT2D eigenvalue weighted by atomic mass is 10.0. The first kappa shape index (κ1) is 24.9. The number of carbonyl (C=O) groups is 1. The summed E-state index contributed by atoms with van der Waals surface area (Å²) in [7, 11) is 0. The maximum atomic E-state index is 13.6. The zero-order valence-electron chi connectivity index (χ0n) is 20.9. The molecule has 1 N–H and O–H groups in total. The highest BCUT2D eigenvalue weighted by atomic mass is 16.7. The summed E-state index contributed by atoms with van der Waals surface area (Å²) in [5.41, 5.74) is 3.52. The molecule has 4 aromatic rings. The molecule has 0 aliphatic rings.